The molecule has 0 aromatic carbocycles. The lowest BCUT2D eigenvalue weighted by Gasteiger charge is -2.29. The Morgan fingerprint density at radius 2 is 2.19 bits per heavy atom. The maximum absolute atomic E-state index is 9.48. The highest BCUT2D eigenvalue weighted by Gasteiger charge is 2.15. The second-order valence-corrected chi connectivity index (χ2v) is 7.62. The highest BCUT2D eigenvalue weighted by atomic mass is 32.1. The number of rotatable bonds is 8. The van der Waals surface area contributed by atoms with Crippen molar-refractivity contribution in [3.63, 3.8) is 0 Å². The van der Waals surface area contributed by atoms with Crippen LogP contribution >= 0.6 is 11.3 Å². The molecule has 4 nitrogen and oxygen atoms in total. The predicted octanol–water partition coefficient (Wildman–Crippen LogP) is 2.28. The third-order valence-corrected chi connectivity index (χ3v) is 4.89. The summed E-state index contributed by atoms with van der Waals surface area (Å²) in [7, 11) is 0. The number of hydrogen-bond acceptors (Lipinski definition) is 5. The number of aliphatic hydroxyl groups is 1. The van der Waals surface area contributed by atoms with E-state index in [0.29, 0.717) is 5.92 Å². The normalized spacial score (nSPS) is 17.7. The average molecular weight is 311 g/mol. The first-order valence-corrected chi connectivity index (χ1v) is 9.00. The molecule has 0 amide bonds. The first-order chi connectivity index (χ1) is 10.1. The van der Waals surface area contributed by atoms with E-state index in [1.807, 2.05) is 17.5 Å². The Labute approximate surface area is 132 Å². The fourth-order valence-corrected chi connectivity index (χ4v) is 3.76. The number of nitrogens with zero attached hydrogens (tertiary/aromatic N) is 2. The molecule has 2 rings (SSSR count). The third-order valence-electron chi connectivity index (χ3n) is 3.87. The van der Waals surface area contributed by atoms with Crippen molar-refractivity contribution in [2.75, 3.05) is 26.2 Å². The highest BCUT2D eigenvalue weighted by Crippen LogP contribution is 2.16. The fraction of sp³-hybridized carbons (Fsp3) is 0.812. The topological polar surface area (TPSA) is 48.4 Å². The highest BCUT2D eigenvalue weighted by molar-refractivity contribution is 7.11. The van der Waals surface area contributed by atoms with E-state index in [9.17, 15) is 5.11 Å². The van der Waals surface area contributed by atoms with Crippen LogP contribution in [0.15, 0.2) is 6.20 Å². The van der Waals surface area contributed by atoms with E-state index in [0.717, 1.165) is 52.0 Å². The molecule has 1 aromatic rings. The van der Waals surface area contributed by atoms with Crippen molar-refractivity contribution >= 4 is 11.3 Å². The van der Waals surface area contributed by atoms with Crippen molar-refractivity contribution in [3.8, 4) is 0 Å². The molecule has 2 heterocycles. The van der Waals surface area contributed by atoms with Crippen molar-refractivity contribution < 1.29 is 5.11 Å². The van der Waals surface area contributed by atoms with E-state index in [2.05, 4.69) is 29.0 Å². The van der Waals surface area contributed by atoms with E-state index in [1.165, 1.54) is 16.3 Å². The predicted molar refractivity (Wildman–Crippen MR) is 88.7 cm³/mol. The summed E-state index contributed by atoms with van der Waals surface area (Å²) in [6, 6.07) is 0. The summed E-state index contributed by atoms with van der Waals surface area (Å²) >= 11 is 1.84. The second-order valence-electron chi connectivity index (χ2n) is 6.42. The largest absolute Gasteiger partial charge is 0.393 e. The third kappa shape index (κ3) is 6.43. The Morgan fingerprint density at radius 1 is 1.43 bits per heavy atom. The summed E-state index contributed by atoms with van der Waals surface area (Å²) in [6.07, 6.45) is 6.09. The Kier molecular flexibility index (Phi) is 7.10. The van der Waals surface area contributed by atoms with Crippen molar-refractivity contribution in [1.82, 2.24) is 15.2 Å². The molecule has 5 heteroatoms. The molecule has 1 saturated heterocycles. The van der Waals surface area contributed by atoms with Crippen molar-refractivity contribution in [1.29, 1.82) is 0 Å². The molecule has 0 aliphatic carbocycles. The Balaban J connectivity index is 1.54. The lowest BCUT2D eigenvalue weighted by atomic mass is 10.1. The van der Waals surface area contributed by atoms with Gasteiger partial charge < -0.3 is 15.3 Å². The van der Waals surface area contributed by atoms with Gasteiger partial charge in [0.05, 0.1) is 11.1 Å². The number of aromatic nitrogens is 1. The van der Waals surface area contributed by atoms with Gasteiger partial charge in [-0.05, 0) is 38.3 Å². The van der Waals surface area contributed by atoms with Crippen LogP contribution in [0.2, 0.25) is 0 Å². The number of likely N-dealkylation sites (tertiary alicyclic amines) is 1. The molecule has 21 heavy (non-hydrogen) atoms. The SMILES string of the molecule is CC(C)Cc1ncc(CNCCCN2CCC(O)CC2)s1. The van der Waals surface area contributed by atoms with Crippen LogP contribution < -0.4 is 5.32 Å². The van der Waals surface area contributed by atoms with Gasteiger partial charge in [0.2, 0.25) is 0 Å². The van der Waals surface area contributed by atoms with Crippen LogP contribution in [-0.2, 0) is 13.0 Å². The van der Waals surface area contributed by atoms with Crippen LogP contribution in [0.5, 0.6) is 0 Å². The minimum atomic E-state index is -0.0641. The quantitative estimate of drug-likeness (QED) is 0.723. The lowest BCUT2D eigenvalue weighted by molar-refractivity contribution is 0.0821. The molecule has 1 fully saturated rings. The molecule has 0 bridgehead atoms. The summed E-state index contributed by atoms with van der Waals surface area (Å²) in [5, 5.41) is 14.2. The monoisotopic (exact) mass is 311 g/mol. The zero-order chi connectivity index (χ0) is 15.1. The Bertz CT molecular complexity index is 400. The van der Waals surface area contributed by atoms with Gasteiger partial charge >= 0.3 is 0 Å². The van der Waals surface area contributed by atoms with E-state index < -0.39 is 0 Å². The van der Waals surface area contributed by atoms with E-state index >= 15 is 0 Å². The first-order valence-electron chi connectivity index (χ1n) is 8.18. The molecule has 120 valence electrons. The molecule has 0 atom stereocenters. The Hall–Kier alpha value is -0.490. The van der Waals surface area contributed by atoms with E-state index in [4.69, 9.17) is 0 Å². The van der Waals surface area contributed by atoms with Gasteiger partial charge in [0.1, 0.15) is 0 Å². The van der Waals surface area contributed by atoms with Crippen LogP contribution in [0.4, 0.5) is 0 Å². The fourth-order valence-electron chi connectivity index (χ4n) is 2.66. The molecule has 2 N–H and O–H groups in total. The van der Waals surface area contributed by atoms with Crippen LogP contribution in [0.25, 0.3) is 0 Å². The minimum Gasteiger partial charge on any atom is -0.393 e. The van der Waals surface area contributed by atoms with Crippen molar-refractivity contribution in [2.24, 2.45) is 5.92 Å². The standard InChI is InChI=1S/C16H29N3OS/c1-13(2)10-16-18-12-15(21-16)11-17-6-3-7-19-8-4-14(20)5-9-19/h12-14,17,20H,3-11H2,1-2H3. The molecule has 1 aliphatic heterocycles. The van der Waals surface area contributed by atoms with Gasteiger partial charge in [-0.25, -0.2) is 4.98 Å². The summed E-state index contributed by atoms with van der Waals surface area (Å²) < 4.78 is 0. The van der Waals surface area contributed by atoms with E-state index in [-0.39, 0.29) is 6.10 Å². The van der Waals surface area contributed by atoms with Gasteiger partial charge in [-0.1, -0.05) is 13.8 Å². The summed E-state index contributed by atoms with van der Waals surface area (Å²) in [5.41, 5.74) is 0. The van der Waals surface area contributed by atoms with Crippen molar-refractivity contribution in [2.45, 2.75) is 52.2 Å². The second kappa shape index (κ2) is 8.83. The smallest absolute Gasteiger partial charge is 0.0930 e. The van der Waals surface area contributed by atoms with Crippen LogP contribution in [0, 0.1) is 5.92 Å². The minimum absolute atomic E-state index is 0.0641. The number of aliphatic hydroxyl groups excluding tert-OH is 1. The summed E-state index contributed by atoms with van der Waals surface area (Å²) in [6.45, 7) is 9.70. The number of hydrogen-bond donors (Lipinski definition) is 2. The van der Waals surface area contributed by atoms with Gasteiger partial charge in [-0.2, -0.15) is 0 Å². The average Bonchev–Trinajstić information content (AvgIpc) is 2.87. The molecular formula is C16H29N3OS. The van der Waals surface area contributed by atoms with Gasteiger partial charge in [-0.3, -0.25) is 0 Å². The number of nitrogens with one attached hydrogen (secondary N) is 1. The van der Waals surface area contributed by atoms with Gasteiger partial charge in [0.25, 0.3) is 0 Å². The molecule has 0 saturated carbocycles. The van der Waals surface area contributed by atoms with Crippen LogP contribution in [-0.4, -0.2) is 47.3 Å². The molecule has 1 aliphatic rings. The van der Waals surface area contributed by atoms with Gasteiger partial charge in [-0.15, -0.1) is 11.3 Å². The lowest BCUT2D eigenvalue weighted by Crippen LogP contribution is -2.37. The van der Waals surface area contributed by atoms with Crippen LogP contribution in [0.3, 0.4) is 0 Å². The zero-order valence-electron chi connectivity index (χ0n) is 13.3. The van der Waals surface area contributed by atoms with Gasteiger partial charge in [0, 0.05) is 37.1 Å². The number of thiazole rings is 1. The summed E-state index contributed by atoms with van der Waals surface area (Å²) in [5.74, 6) is 0.681. The first kappa shape index (κ1) is 16.9. The van der Waals surface area contributed by atoms with E-state index in [1.54, 1.807) is 0 Å². The maximum atomic E-state index is 9.48. The molecule has 0 unspecified atom stereocenters. The summed E-state index contributed by atoms with van der Waals surface area (Å²) in [4.78, 5) is 8.28. The zero-order valence-corrected chi connectivity index (χ0v) is 14.2. The van der Waals surface area contributed by atoms with Crippen LogP contribution in [0.1, 0.15) is 43.0 Å². The maximum Gasteiger partial charge on any atom is 0.0930 e. The van der Waals surface area contributed by atoms with Gasteiger partial charge in [0.15, 0.2) is 0 Å². The molecule has 1 aromatic heterocycles. The Morgan fingerprint density at radius 3 is 2.90 bits per heavy atom. The molecule has 0 spiro atoms. The molecule has 0 radical (unpaired) electrons. The molecular weight excluding hydrogens is 282 g/mol. The van der Waals surface area contributed by atoms with Crippen molar-refractivity contribution in [3.05, 3.63) is 16.1 Å². The number of piperidine rings is 1.